The van der Waals surface area contributed by atoms with Gasteiger partial charge in [-0.2, -0.15) is 0 Å². The van der Waals surface area contributed by atoms with E-state index in [4.69, 9.17) is 0 Å². The molecule has 0 aliphatic heterocycles. The first kappa shape index (κ1) is 11.1. The Morgan fingerprint density at radius 2 is 2.00 bits per heavy atom. The van der Waals surface area contributed by atoms with E-state index in [0.717, 1.165) is 11.8 Å². The number of non-ortho nitro benzene ring substituents is 1. The van der Waals surface area contributed by atoms with Crippen molar-refractivity contribution in [2.75, 3.05) is 0 Å². The molecule has 0 fully saturated rings. The minimum atomic E-state index is -0.450. The van der Waals surface area contributed by atoms with E-state index in [1.54, 1.807) is 18.2 Å². The van der Waals surface area contributed by atoms with E-state index >= 15 is 0 Å². The van der Waals surface area contributed by atoms with Crippen LogP contribution in [-0.2, 0) is 4.79 Å². The molecule has 0 radical (unpaired) electrons. The second-order valence-electron chi connectivity index (χ2n) is 3.04. The fourth-order valence-corrected chi connectivity index (χ4v) is 1.13. The maximum atomic E-state index is 10.5. The van der Waals surface area contributed by atoms with E-state index < -0.39 is 4.92 Å². The predicted molar refractivity (Wildman–Crippen MR) is 57.4 cm³/mol. The second-order valence-corrected chi connectivity index (χ2v) is 3.04. The Bertz CT molecular complexity index is 393. The number of nitro groups is 1. The van der Waals surface area contributed by atoms with E-state index in [1.807, 2.05) is 6.92 Å². The quantitative estimate of drug-likeness (QED) is 0.328. The Balaban J connectivity index is 2.94. The van der Waals surface area contributed by atoms with Gasteiger partial charge in [0, 0.05) is 12.1 Å². The highest BCUT2D eigenvalue weighted by Gasteiger charge is 2.02. The van der Waals surface area contributed by atoms with Crippen molar-refractivity contribution in [2.45, 2.75) is 13.3 Å². The van der Waals surface area contributed by atoms with E-state index in [1.165, 1.54) is 12.1 Å². The second kappa shape index (κ2) is 5.05. The van der Waals surface area contributed by atoms with Gasteiger partial charge in [-0.15, -0.1) is 0 Å². The van der Waals surface area contributed by atoms with Crippen molar-refractivity contribution in [1.29, 1.82) is 0 Å². The first-order valence-electron chi connectivity index (χ1n) is 4.57. The maximum Gasteiger partial charge on any atom is 0.269 e. The number of allylic oxidation sites excluding steroid dienone is 1. The first-order valence-corrected chi connectivity index (χ1v) is 4.57. The van der Waals surface area contributed by atoms with Crippen molar-refractivity contribution >= 4 is 18.0 Å². The van der Waals surface area contributed by atoms with Gasteiger partial charge >= 0.3 is 0 Å². The van der Waals surface area contributed by atoms with Crippen LogP contribution in [0.5, 0.6) is 0 Å². The summed E-state index contributed by atoms with van der Waals surface area (Å²) in [5.41, 5.74) is 1.52. The lowest BCUT2D eigenvalue weighted by Gasteiger charge is -1.96. The van der Waals surface area contributed by atoms with Gasteiger partial charge in [0.2, 0.25) is 0 Å². The van der Waals surface area contributed by atoms with Gasteiger partial charge in [0.1, 0.15) is 6.29 Å². The molecule has 78 valence electrons. The number of nitrogens with zero attached hydrogens (tertiary/aromatic N) is 1. The van der Waals surface area contributed by atoms with Crippen LogP contribution in [0.1, 0.15) is 18.9 Å². The molecule has 15 heavy (non-hydrogen) atoms. The normalized spacial score (nSPS) is 11.1. The molecule has 0 N–H and O–H groups in total. The predicted octanol–water partition coefficient (Wildman–Crippen LogP) is 2.59. The molecule has 4 heteroatoms. The summed E-state index contributed by atoms with van der Waals surface area (Å²) in [6, 6.07) is 6.09. The third-order valence-electron chi connectivity index (χ3n) is 2.02. The lowest BCUT2D eigenvalue weighted by molar-refractivity contribution is -0.384. The molecule has 1 rings (SSSR count). The minimum absolute atomic E-state index is 0.0521. The summed E-state index contributed by atoms with van der Waals surface area (Å²) in [5, 5.41) is 10.4. The fourth-order valence-electron chi connectivity index (χ4n) is 1.13. The summed E-state index contributed by atoms with van der Waals surface area (Å²) in [6.45, 7) is 1.88. The SMILES string of the molecule is CC/C(C=O)=C/c1ccc([N+](=O)[O-])cc1. The van der Waals surface area contributed by atoms with Crippen LogP contribution < -0.4 is 0 Å². The molecular formula is C11H11NO3. The zero-order valence-corrected chi connectivity index (χ0v) is 8.34. The van der Waals surface area contributed by atoms with Crippen molar-refractivity contribution in [3.63, 3.8) is 0 Å². The number of hydrogen-bond donors (Lipinski definition) is 0. The summed E-state index contributed by atoms with van der Waals surface area (Å²) in [4.78, 5) is 20.5. The molecule has 0 saturated carbocycles. The lowest BCUT2D eigenvalue weighted by Crippen LogP contribution is -1.87. The van der Waals surface area contributed by atoms with Crippen LogP contribution in [-0.4, -0.2) is 11.2 Å². The van der Waals surface area contributed by atoms with Crippen LogP contribution >= 0.6 is 0 Å². The van der Waals surface area contributed by atoms with Crippen LogP contribution in [0, 0.1) is 10.1 Å². The van der Waals surface area contributed by atoms with Gasteiger partial charge in [0.05, 0.1) is 4.92 Å². The molecule has 0 aliphatic carbocycles. The molecule has 0 amide bonds. The first-order chi connectivity index (χ1) is 7.17. The summed E-state index contributed by atoms with van der Waals surface area (Å²) < 4.78 is 0. The molecule has 4 nitrogen and oxygen atoms in total. The summed E-state index contributed by atoms with van der Waals surface area (Å²) in [5.74, 6) is 0. The highest BCUT2D eigenvalue weighted by molar-refractivity contribution is 5.81. The van der Waals surface area contributed by atoms with Gasteiger partial charge in [-0.1, -0.05) is 6.92 Å². The molecule has 0 heterocycles. The number of nitro benzene ring substituents is 1. The van der Waals surface area contributed by atoms with Gasteiger partial charge < -0.3 is 0 Å². The highest BCUT2D eigenvalue weighted by Crippen LogP contribution is 2.14. The van der Waals surface area contributed by atoms with Crippen LogP contribution in [0.2, 0.25) is 0 Å². The van der Waals surface area contributed by atoms with Gasteiger partial charge in [0.15, 0.2) is 0 Å². The Hall–Kier alpha value is -1.97. The van der Waals surface area contributed by atoms with Crippen LogP contribution in [0.3, 0.4) is 0 Å². The number of benzene rings is 1. The van der Waals surface area contributed by atoms with Gasteiger partial charge in [-0.25, -0.2) is 0 Å². The Morgan fingerprint density at radius 3 is 2.40 bits per heavy atom. The van der Waals surface area contributed by atoms with Crippen molar-refractivity contribution in [1.82, 2.24) is 0 Å². The molecule has 0 aromatic heterocycles. The van der Waals surface area contributed by atoms with Gasteiger partial charge in [-0.3, -0.25) is 14.9 Å². The topological polar surface area (TPSA) is 60.2 Å². The monoisotopic (exact) mass is 205 g/mol. The van der Waals surface area contributed by atoms with E-state index in [-0.39, 0.29) is 5.69 Å². The number of hydrogen-bond acceptors (Lipinski definition) is 3. The van der Waals surface area contributed by atoms with Crippen LogP contribution in [0.4, 0.5) is 5.69 Å². The zero-order valence-electron chi connectivity index (χ0n) is 8.34. The molecule has 0 saturated heterocycles. The largest absolute Gasteiger partial charge is 0.298 e. The summed E-state index contributed by atoms with van der Waals surface area (Å²) >= 11 is 0. The maximum absolute atomic E-state index is 10.5. The third-order valence-corrected chi connectivity index (χ3v) is 2.02. The fraction of sp³-hybridized carbons (Fsp3) is 0.182. The average Bonchev–Trinajstić information content (AvgIpc) is 2.26. The lowest BCUT2D eigenvalue weighted by atomic mass is 10.1. The molecule has 0 aliphatic rings. The molecule has 0 atom stereocenters. The third kappa shape index (κ3) is 3.02. The molecule has 0 bridgehead atoms. The van der Waals surface area contributed by atoms with E-state index in [9.17, 15) is 14.9 Å². The smallest absolute Gasteiger partial charge is 0.269 e. The Kier molecular flexibility index (Phi) is 3.74. The van der Waals surface area contributed by atoms with Gasteiger partial charge in [0.25, 0.3) is 5.69 Å². The van der Waals surface area contributed by atoms with Crippen molar-refractivity contribution < 1.29 is 9.72 Å². The highest BCUT2D eigenvalue weighted by atomic mass is 16.6. The summed E-state index contributed by atoms with van der Waals surface area (Å²) in [6.07, 6.45) is 3.17. The molecule has 1 aromatic carbocycles. The van der Waals surface area contributed by atoms with Crippen molar-refractivity contribution in [2.24, 2.45) is 0 Å². The van der Waals surface area contributed by atoms with Crippen molar-refractivity contribution in [3.05, 3.63) is 45.5 Å². The minimum Gasteiger partial charge on any atom is -0.298 e. The molecular weight excluding hydrogens is 194 g/mol. The van der Waals surface area contributed by atoms with Crippen LogP contribution in [0.25, 0.3) is 6.08 Å². The van der Waals surface area contributed by atoms with E-state index in [0.29, 0.717) is 12.0 Å². The van der Waals surface area contributed by atoms with Crippen molar-refractivity contribution in [3.8, 4) is 0 Å². The standard InChI is InChI=1S/C11H11NO3/c1-2-9(8-13)7-10-3-5-11(6-4-10)12(14)15/h3-8H,2H2,1H3/b9-7-. The molecule has 0 spiro atoms. The Labute approximate surface area is 87.4 Å². The number of aldehydes is 1. The molecule has 1 aromatic rings. The average molecular weight is 205 g/mol. The molecule has 0 unspecified atom stereocenters. The number of carbonyl (C=O) groups is 1. The number of rotatable bonds is 4. The van der Waals surface area contributed by atoms with Gasteiger partial charge in [-0.05, 0) is 35.8 Å². The number of carbonyl (C=O) groups excluding carboxylic acids is 1. The van der Waals surface area contributed by atoms with Crippen LogP contribution in [0.15, 0.2) is 29.8 Å². The Morgan fingerprint density at radius 1 is 1.40 bits per heavy atom. The zero-order chi connectivity index (χ0) is 11.3. The summed E-state index contributed by atoms with van der Waals surface area (Å²) in [7, 11) is 0. The van der Waals surface area contributed by atoms with E-state index in [2.05, 4.69) is 0 Å².